The maximum Gasteiger partial charge on any atom is 0.247 e. The quantitative estimate of drug-likeness (QED) is 0.871. The van der Waals surface area contributed by atoms with Crippen molar-refractivity contribution in [2.45, 2.75) is 12.5 Å². The molecule has 1 atom stereocenters. The van der Waals surface area contributed by atoms with Crippen LogP contribution in [0.15, 0.2) is 46.9 Å². The fraction of sp³-hybridized carbons (Fsp3) is 0.214. The summed E-state index contributed by atoms with van der Waals surface area (Å²) in [6, 6.07) is 9.39. The minimum atomic E-state index is -3.45. The van der Waals surface area contributed by atoms with Gasteiger partial charge >= 0.3 is 0 Å². The van der Waals surface area contributed by atoms with Crippen LogP contribution in [-0.4, -0.2) is 24.8 Å². The van der Waals surface area contributed by atoms with Gasteiger partial charge in [-0.1, -0.05) is 18.2 Å². The molecular formula is C14H13FN2O2S2. The number of halogens is 1. The Bertz CT molecular complexity index is 768. The van der Waals surface area contributed by atoms with Crippen LogP contribution >= 0.6 is 11.3 Å². The molecule has 0 bridgehead atoms. The number of hydrogen-bond donors (Lipinski definition) is 0. The molecule has 0 saturated carbocycles. The minimum absolute atomic E-state index is 0.319. The first kappa shape index (κ1) is 14.2. The summed E-state index contributed by atoms with van der Waals surface area (Å²) in [5.41, 5.74) is 1.39. The van der Waals surface area contributed by atoms with Crippen LogP contribution in [0, 0.1) is 5.82 Å². The maximum atomic E-state index is 13.0. The molecule has 0 fully saturated rings. The Hall–Kier alpha value is -1.73. The summed E-state index contributed by atoms with van der Waals surface area (Å²) < 4.78 is 38.0. The Morgan fingerprint density at radius 1 is 1.29 bits per heavy atom. The number of nitrogens with zero attached hydrogens (tertiary/aromatic N) is 2. The zero-order valence-corrected chi connectivity index (χ0v) is 12.9. The van der Waals surface area contributed by atoms with E-state index >= 15 is 0 Å². The molecular weight excluding hydrogens is 311 g/mol. The molecule has 21 heavy (non-hydrogen) atoms. The molecule has 0 amide bonds. The number of hydrogen-bond acceptors (Lipinski definition) is 4. The molecule has 0 spiro atoms. The smallest absolute Gasteiger partial charge is 0.207 e. The molecule has 1 aromatic heterocycles. The first-order valence-corrected chi connectivity index (χ1v) is 9.04. The number of thiophene rings is 1. The normalized spacial score (nSPS) is 18.9. The van der Waals surface area contributed by atoms with Gasteiger partial charge in [0, 0.05) is 11.3 Å². The predicted octanol–water partition coefficient (Wildman–Crippen LogP) is 3.00. The van der Waals surface area contributed by atoms with E-state index in [1.54, 1.807) is 12.1 Å². The van der Waals surface area contributed by atoms with E-state index in [4.69, 9.17) is 0 Å². The minimum Gasteiger partial charge on any atom is -0.207 e. The van der Waals surface area contributed by atoms with E-state index in [9.17, 15) is 12.8 Å². The molecule has 4 nitrogen and oxygen atoms in total. The lowest BCUT2D eigenvalue weighted by atomic mass is 10.0. The van der Waals surface area contributed by atoms with Crippen LogP contribution in [-0.2, 0) is 10.0 Å². The molecule has 1 aromatic carbocycles. The summed E-state index contributed by atoms with van der Waals surface area (Å²) in [6.45, 7) is 0. The van der Waals surface area contributed by atoms with Crippen molar-refractivity contribution in [1.82, 2.24) is 4.41 Å². The second-order valence-corrected chi connectivity index (χ2v) is 7.64. The van der Waals surface area contributed by atoms with Crippen molar-refractivity contribution in [1.29, 1.82) is 0 Å². The number of sulfonamides is 1. The third kappa shape index (κ3) is 2.84. The number of benzene rings is 1. The highest BCUT2D eigenvalue weighted by molar-refractivity contribution is 7.88. The van der Waals surface area contributed by atoms with Crippen molar-refractivity contribution in [3.63, 3.8) is 0 Å². The Labute approximate surface area is 126 Å². The van der Waals surface area contributed by atoms with Crippen LogP contribution in [0.3, 0.4) is 0 Å². The highest BCUT2D eigenvalue weighted by Gasteiger charge is 2.34. The second kappa shape index (κ2) is 5.23. The van der Waals surface area contributed by atoms with Gasteiger partial charge in [0.05, 0.1) is 12.0 Å². The Morgan fingerprint density at radius 2 is 2.00 bits per heavy atom. The van der Waals surface area contributed by atoms with Crippen LogP contribution in [0.25, 0.3) is 0 Å². The van der Waals surface area contributed by atoms with Crippen molar-refractivity contribution in [2.75, 3.05) is 6.26 Å². The van der Waals surface area contributed by atoms with E-state index in [1.807, 2.05) is 17.5 Å². The summed E-state index contributed by atoms with van der Waals surface area (Å²) >= 11 is 1.50. The zero-order valence-electron chi connectivity index (χ0n) is 11.2. The Morgan fingerprint density at radius 3 is 2.57 bits per heavy atom. The summed E-state index contributed by atoms with van der Waals surface area (Å²) in [4.78, 5) is 0.946. The Balaban J connectivity index is 1.99. The number of hydrazone groups is 1. The zero-order chi connectivity index (χ0) is 15.0. The van der Waals surface area contributed by atoms with Gasteiger partial charge in [0.2, 0.25) is 10.0 Å². The summed E-state index contributed by atoms with van der Waals surface area (Å²) in [6.07, 6.45) is 1.63. The van der Waals surface area contributed by atoms with Crippen molar-refractivity contribution in [3.05, 3.63) is 58.0 Å². The molecule has 0 radical (unpaired) electrons. The van der Waals surface area contributed by atoms with E-state index in [1.165, 1.54) is 23.5 Å². The summed E-state index contributed by atoms with van der Waals surface area (Å²) in [5, 5.41) is 6.15. The van der Waals surface area contributed by atoms with Crippen molar-refractivity contribution >= 4 is 27.1 Å². The average Bonchev–Trinajstić information content (AvgIpc) is 3.07. The van der Waals surface area contributed by atoms with Gasteiger partial charge < -0.3 is 0 Å². The lowest BCUT2D eigenvalue weighted by Crippen LogP contribution is -2.25. The molecule has 7 heteroatoms. The standard InChI is InChI=1S/C14H13FN2O2S2/c1-21(18,19)17-13(14-3-2-8-20-14)9-12(16-17)10-4-6-11(15)7-5-10/h2-8,13H,9H2,1H3/t13-/m1/s1. The van der Waals surface area contributed by atoms with Gasteiger partial charge in [0.25, 0.3) is 0 Å². The van der Waals surface area contributed by atoms with Gasteiger partial charge in [-0.2, -0.15) is 9.52 Å². The van der Waals surface area contributed by atoms with Crippen molar-refractivity contribution < 1.29 is 12.8 Å². The van der Waals surface area contributed by atoms with E-state index < -0.39 is 10.0 Å². The van der Waals surface area contributed by atoms with Gasteiger partial charge in [-0.05, 0) is 29.1 Å². The van der Waals surface area contributed by atoms with Crippen molar-refractivity contribution in [2.24, 2.45) is 5.10 Å². The fourth-order valence-corrected chi connectivity index (χ4v) is 4.08. The molecule has 0 unspecified atom stereocenters. The SMILES string of the molecule is CS(=O)(=O)N1N=C(c2ccc(F)cc2)C[C@@H]1c1cccs1. The van der Waals surface area contributed by atoms with Gasteiger partial charge in [-0.15, -0.1) is 11.3 Å². The van der Waals surface area contributed by atoms with E-state index in [0.717, 1.165) is 21.1 Å². The maximum absolute atomic E-state index is 13.0. The number of rotatable bonds is 3. The molecule has 2 heterocycles. The lowest BCUT2D eigenvalue weighted by Gasteiger charge is -2.19. The van der Waals surface area contributed by atoms with E-state index in [-0.39, 0.29) is 11.9 Å². The van der Waals surface area contributed by atoms with Crippen LogP contribution < -0.4 is 0 Å². The molecule has 3 rings (SSSR count). The largest absolute Gasteiger partial charge is 0.247 e. The van der Waals surface area contributed by atoms with Gasteiger partial charge in [-0.25, -0.2) is 12.8 Å². The molecule has 0 aliphatic carbocycles. The average molecular weight is 324 g/mol. The Kier molecular flexibility index (Phi) is 3.54. The van der Waals surface area contributed by atoms with Crippen LogP contribution in [0.2, 0.25) is 0 Å². The van der Waals surface area contributed by atoms with Crippen molar-refractivity contribution in [3.8, 4) is 0 Å². The highest BCUT2D eigenvalue weighted by Crippen LogP contribution is 2.36. The summed E-state index contributed by atoms with van der Waals surface area (Å²) in [7, 11) is -3.45. The monoisotopic (exact) mass is 324 g/mol. The van der Waals surface area contributed by atoms with Crippen LogP contribution in [0.1, 0.15) is 22.9 Å². The van der Waals surface area contributed by atoms with Crippen LogP contribution in [0.4, 0.5) is 4.39 Å². The predicted molar refractivity (Wildman–Crippen MR) is 81.3 cm³/mol. The summed E-state index contributed by atoms with van der Waals surface area (Å²) in [5.74, 6) is -0.327. The molecule has 0 saturated heterocycles. The first-order valence-electron chi connectivity index (χ1n) is 6.31. The molecule has 2 aromatic rings. The van der Waals surface area contributed by atoms with Gasteiger partial charge in [-0.3, -0.25) is 0 Å². The highest BCUT2D eigenvalue weighted by atomic mass is 32.2. The molecule has 110 valence electrons. The van der Waals surface area contributed by atoms with Gasteiger partial charge in [0.15, 0.2) is 0 Å². The van der Waals surface area contributed by atoms with Crippen LogP contribution in [0.5, 0.6) is 0 Å². The lowest BCUT2D eigenvalue weighted by molar-refractivity contribution is 0.379. The second-order valence-electron chi connectivity index (χ2n) is 4.82. The van der Waals surface area contributed by atoms with E-state index in [2.05, 4.69) is 5.10 Å². The third-order valence-electron chi connectivity index (χ3n) is 3.26. The third-order valence-corrected chi connectivity index (χ3v) is 5.25. The van der Waals surface area contributed by atoms with E-state index in [0.29, 0.717) is 12.1 Å². The molecule has 1 aliphatic heterocycles. The molecule has 1 aliphatic rings. The first-order chi connectivity index (χ1) is 9.95. The fourth-order valence-electron chi connectivity index (χ4n) is 2.30. The molecule has 0 N–H and O–H groups in total. The topological polar surface area (TPSA) is 49.7 Å². The van der Waals surface area contributed by atoms with Gasteiger partial charge in [0.1, 0.15) is 11.9 Å².